The summed E-state index contributed by atoms with van der Waals surface area (Å²) in [7, 11) is 0. The van der Waals surface area contributed by atoms with Crippen molar-refractivity contribution in [1.29, 1.82) is 0 Å². The van der Waals surface area contributed by atoms with Crippen LogP contribution in [-0.2, 0) is 0 Å². The summed E-state index contributed by atoms with van der Waals surface area (Å²) in [5, 5.41) is 16.7. The molecule has 0 aromatic carbocycles. The molecule has 2 fully saturated rings. The van der Waals surface area contributed by atoms with Crippen molar-refractivity contribution in [2.45, 2.75) is 38.6 Å². The Hall–Kier alpha value is -3.46. The minimum absolute atomic E-state index is 0.102. The Morgan fingerprint density at radius 2 is 1.94 bits per heavy atom. The minimum atomic E-state index is -0.125. The molecule has 3 N–H and O–H groups in total. The number of piperazine rings is 1. The van der Waals surface area contributed by atoms with E-state index in [4.69, 9.17) is 4.98 Å². The van der Waals surface area contributed by atoms with E-state index in [2.05, 4.69) is 25.5 Å². The second kappa shape index (κ2) is 9.19. The number of hydrogen-bond acceptors (Lipinski definition) is 8. The van der Waals surface area contributed by atoms with Gasteiger partial charge in [-0.3, -0.25) is 9.36 Å². The number of aliphatic hydroxyl groups excluding tert-OH is 1. The maximum absolute atomic E-state index is 13.3. The molecule has 1 aliphatic heterocycles. The van der Waals surface area contributed by atoms with E-state index in [1.54, 1.807) is 10.8 Å². The molecule has 5 rings (SSSR count). The fourth-order valence-electron chi connectivity index (χ4n) is 4.87. The minimum Gasteiger partial charge on any atom is -0.516 e. The Morgan fingerprint density at radius 1 is 1.15 bits per heavy atom. The molecule has 0 radical (unpaired) electrons. The number of pyridine rings is 2. The lowest BCUT2D eigenvalue weighted by molar-refractivity contribution is 0.477. The van der Waals surface area contributed by atoms with Crippen molar-refractivity contribution in [2.75, 3.05) is 36.4 Å². The van der Waals surface area contributed by atoms with Crippen LogP contribution in [0.2, 0.25) is 0 Å². The highest BCUT2D eigenvalue weighted by Crippen LogP contribution is 2.32. The van der Waals surface area contributed by atoms with Crippen LogP contribution in [0.5, 0.6) is 0 Å². The fourth-order valence-corrected chi connectivity index (χ4v) is 4.87. The molecule has 0 bridgehead atoms. The standard InChI is InChI=1S/C24H29N7O2/c1-16-19(8-13-32)23(33)31(17-4-2-3-5-17)22-20(16)15-27-24(29-22)28-21-7-6-18(14-26-21)30-11-9-25-10-12-30/h6-8,13-15,17,25,32H,2-5,9-12H2,1H3,(H,26,27,28,29). The summed E-state index contributed by atoms with van der Waals surface area (Å²) in [6.45, 7) is 5.75. The van der Waals surface area contributed by atoms with Gasteiger partial charge in [0.05, 0.1) is 18.1 Å². The highest BCUT2D eigenvalue weighted by atomic mass is 16.2. The average Bonchev–Trinajstić information content (AvgIpc) is 3.37. The maximum Gasteiger partial charge on any atom is 0.260 e. The highest BCUT2D eigenvalue weighted by Gasteiger charge is 2.24. The summed E-state index contributed by atoms with van der Waals surface area (Å²) in [5.74, 6) is 1.06. The molecule has 1 saturated carbocycles. The van der Waals surface area contributed by atoms with Crippen molar-refractivity contribution in [3.8, 4) is 0 Å². The Morgan fingerprint density at radius 3 is 2.64 bits per heavy atom. The number of fused-ring (bicyclic) bond motifs is 1. The molecule has 1 aliphatic carbocycles. The molecular formula is C24H29N7O2. The zero-order chi connectivity index (χ0) is 22.8. The van der Waals surface area contributed by atoms with Crippen molar-refractivity contribution in [3.63, 3.8) is 0 Å². The first-order chi connectivity index (χ1) is 16.2. The first kappa shape index (κ1) is 21.4. The number of anilines is 3. The largest absolute Gasteiger partial charge is 0.516 e. The Balaban J connectivity index is 1.50. The summed E-state index contributed by atoms with van der Waals surface area (Å²) >= 11 is 0. The van der Waals surface area contributed by atoms with E-state index in [1.807, 2.05) is 25.3 Å². The molecule has 33 heavy (non-hydrogen) atoms. The molecule has 1 saturated heterocycles. The quantitative estimate of drug-likeness (QED) is 0.512. The molecule has 3 aromatic rings. The summed E-state index contributed by atoms with van der Waals surface area (Å²) < 4.78 is 1.79. The monoisotopic (exact) mass is 447 g/mol. The zero-order valence-electron chi connectivity index (χ0n) is 18.8. The number of nitrogens with zero attached hydrogens (tertiary/aromatic N) is 5. The van der Waals surface area contributed by atoms with Crippen LogP contribution in [0.4, 0.5) is 17.5 Å². The number of aryl methyl sites for hydroxylation is 1. The Labute approximate surface area is 192 Å². The first-order valence-corrected chi connectivity index (χ1v) is 11.6. The predicted octanol–water partition coefficient (Wildman–Crippen LogP) is 3.29. The van der Waals surface area contributed by atoms with Crippen molar-refractivity contribution in [2.24, 2.45) is 0 Å². The van der Waals surface area contributed by atoms with Gasteiger partial charge in [0, 0.05) is 49.4 Å². The highest BCUT2D eigenvalue weighted by molar-refractivity contribution is 5.83. The summed E-state index contributed by atoms with van der Waals surface area (Å²) in [6, 6.07) is 4.08. The molecule has 0 amide bonds. The number of hydrogen-bond donors (Lipinski definition) is 3. The van der Waals surface area contributed by atoms with E-state index in [0.29, 0.717) is 23.0 Å². The fraction of sp³-hybridized carbons (Fsp3) is 0.417. The van der Waals surface area contributed by atoms with Gasteiger partial charge in [-0.25, -0.2) is 9.97 Å². The lowest BCUT2D eigenvalue weighted by atomic mass is 10.1. The van der Waals surface area contributed by atoms with E-state index in [1.165, 1.54) is 6.08 Å². The Kier molecular flexibility index (Phi) is 5.95. The molecule has 0 spiro atoms. The molecule has 9 nitrogen and oxygen atoms in total. The van der Waals surface area contributed by atoms with Crippen LogP contribution in [0.15, 0.2) is 35.6 Å². The number of aromatic nitrogens is 4. The first-order valence-electron chi connectivity index (χ1n) is 11.6. The van der Waals surface area contributed by atoms with Gasteiger partial charge in [0.1, 0.15) is 11.5 Å². The summed E-state index contributed by atoms with van der Waals surface area (Å²) in [6.07, 6.45) is 10.1. The normalized spacial score (nSPS) is 17.3. The van der Waals surface area contributed by atoms with E-state index >= 15 is 0 Å². The lowest BCUT2D eigenvalue weighted by Crippen LogP contribution is -2.43. The van der Waals surface area contributed by atoms with Gasteiger partial charge in [-0.15, -0.1) is 0 Å². The molecule has 2 aliphatic rings. The molecule has 4 heterocycles. The maximum atomic E-state index is 13.3. The summed E-state index contributed by atoms with van der Waals surface area (Å²) in [4.78, 5) is 29.4. The van der Waals surface area contributed by atoms with Crippen LogP contribution in [-0.4, -0.2) is 50.8 Å². The van der Waals surface area contributed by atoms with Crippen molar-refractivity contribution >= 4 is 34.6 Å². The van der Waals surface area contributed by atoms with Gasteiger partial charge >= 0.3 is 0 Å². The van der Waals surface area contributed by atoms with E-state index < -0.39 is 0 Å². The molecule has 172 valence electrons. The number of aliphatic hydroxyl groups is 1. The molecule has 0 unspecified atom stereocenters. The van der Waals surface area contributed by atoms with Gasteiger partial charge in [-0.05, 0) is 43.5 Å². The van der Waals surface area contributed by atoms with Gasteiger partial charge < -0.3 is 20.6 Å². The van der Waals surface area contributed by atoms with Gasteiger partial charge in [0.25, 0.3) is 5.56 Å². The Bertz CT molecular complexity index is 1220. The van der Waals surface area contributed by atoms with Crippen LogP contribution in [0.1, 0.15) is 42.9 Å². The number of nitrogens with one attached hydrogen (secondary N) is 2. The second-order valence-electron chi connectivity index (χ2n) is 8.66. The molecule has 0 atom stereocenters. The van der Waals surface area contributed by atoms with Crippen LogP contribution < -0.4 is 21.1 Å². The SMILES string of the molecule is Cc1c(C=CO)c(=O)n(C2CCCC2)c2nc(Nc3ccc(N4CCNCC4)cn3)ncc12. The van der Waals surface area contributed by atoms with Gasteiger partial charge in [0.2, 0.25) is 5.95 Å². The predicted molar refractivity (Wildman–Crippen MR) is 130 cm³/mol. The second-order valence-corrected chi connectivity index (χ2v) is 8.66. The third-order valence-corrected chi connectivity index (χ3v) is 6.65. The smallest absolute Gasteiger partial charge is 0.260 e. The van der Waals surface area contributed by atoms with Gasteiger partial charge in [0.15, 0.2) is 0 Å². The van der Waals surface area contributed by atoms with Crippen molar-refractivity contribution < 1.29 is 5.11 Å². The number of rotatable bonds is 5. The van der Waals surface area contributed by atoms with Crippen LogP contribution in [0.25, 0.3) is 17.1 Å². The van der Waals surface area contributed by atoms with Crippen molar-refractivity contribution in [3.05, 3.63) is 52.3 Å². The molecular weight excluding hydrogens is 418 g/mol. The van der Waals surface area contributed by atoms with E-state index in [0.717, 1.165) is 74.8 Å². The van der Waals surface area contributed by atoms with Gasteiger partial charge in [-0.2, -0.15) is 4.98 Å². The average molecular weight is 448 g/mol. The lowest BCUT2D eigenvalue weighted by Gasteiger charge is -2.29. The molecule has 9 heteroatoms. The van der Waals surface area contributed by atoms with E-state index in [9.17, 15) is 9.90 Å². The van der Waals surface area contributed by atoms with Crippen LogP contribution in [0, 0.1) is 6.92 Å². The van der Waals surface area contributed by atoms with Crippen molar-refractivity contribution in [1.82, 2.24) is 24.8 Å². The zero-order valence-corrected chi connectivity index (χ0v) is 18.8. The van der Waals surface area contributed by atoms with Crippen LogP contribution in [0.3, 0.4) is 0 Å². The van der Waals surface area contributed by atoms with Crippen LogP contribution >= 0.6 is 0 Å². The third-order valence-electron chi connectivity index (χ3n) is 6.65. The third kappa shape index (κ3) is 4.16. The summed E-state index contributed by atoms with van der Waals surface area (Å²) in [5.41, 5.74) is 2.83. The topological polar surface area (TPSA) is 108 Å². The van der Waals surface area contributed by atoms with E-state index in [-0.39, 0.29) is 11.6 Å². The molecule has 3 aromatic heterocycles. The van der Waals surface area contributed by atoms with Gasteiger partial charge in [-0.1, -0.05) is 12.8 Å².